The third kappa shape index (κ3) is 3.71. The molecule has 2 heteroatoms. The van der Waals surface area contributed by atoms with E-state index in [2.05, 4.69) is 37.6 Å². The number of rotatable bonds is 3. The maximum absolute atomic E-state index is 2.80. The second-order valence-corrected chi connectivity index (χ2v) is 7.19. The molecule has 1 aliphatic carbocycles. The number of hydrogen-bond acceptors (Lipinski definition) is 2. The van der Waals surface area contributed by atoms with Crippen molar-refractivity contribution in [2.75, 3.05) is 33.2 Å². The van der Waals surface area contributed by atoms with Crippen LogP contribution in [0.1, 0.15) is 46.5 Å². The molecule has 2 fully saturated rings. The van der Waals surface area contributed by atoms with Crippen LogP contribution in [0.4, 0.5) is 0 Å². The SMILES string of the molecule is CC1CCC(CN2CCN(C)C[C@H]2C(C)C)CC1. The number of piperazine rings is 1. The van der Waals surface area contributed by atoms with E-state index in [1.165, 1.54) is 51.9 Å². The fraction of sp³-hybridized carbons (Fsp3) is 1.00. The van der Waals surface area contributed by atoms with Crippen molar-refractivity contribution in [3.63, 3.8) is 0 Å². The summed E-state index contributed by atoms with van der Waals surface area (Å²) in [5, 5.41) is 0. The standard InChI is InChI=1S/C16H32N2/c1-13(2)16-12-17(4)9-10-18(16)11-15-7-5-14(3)6-8-15/h13-16H,5-12H2,1-4H3/t14?,15?,16-/m0/s1. The maximum Gasteiger partial charge on any atom is 0.0246 e. The predicted octanol–water partition coefficient (Wildman–Crippen LogP) is 3.08. The fourth-order valence-electron chi connectivity index (χ4n) is 3.69. The largest absolute Gasteiger partial charge is 0.304 e. The molecular formula is C16H32N2. The first kappa shape index (κ1) is 14.3. The van der Waals surface area contributed by atoms with Gasteiger partial charge in [-0.05, 0) is 37.6 Å². The molecule has 1 saturated heterocycles. The van der Waals surface area contributed by atoms with Crippen molar-refractivity contribution in [1.29, 1.82) is 0 Å². The van der Waals surface area contributed by atoms with Gasteiger partial charge in [0, 0.05) is 32.2 Å². The predicted molar refractivity (Wildman–Crippen MR) is 78.8 cm³/mol. The van der Waals surface area contributed by atoms with E-state index >= 15 is 0 Å². The quantitative estimate of drug-likeness (QED) is 0.761. The van der Waals surface area contributed by atoms with Crippen LogP contribution >= 0.6 is 0 Å². The monoisotopic (exact) mass is 252 g/mol. The summed E-state index contributed by atoms with van der Waals surface area (Å²) < 4.78 is 0. The third-order valence-electron chi connectivity index (χ3n) is 5.13. The van der Waals surface area contributed by atoms with E-state index in [0.29, 0.717) is 0 Å². The lowest BCUT2D eigenvalue weighted by molar-refractivity contribution is 0.0432. The molecule has 18 heavy (non-hydrogen) atoms. The summed E-state index contributed by atoms with van der Waals surface area (Å²) in [6, 6.07) is 0.781. The molecule has 0 spiro atoms. The van der Waals surface area contributed by atoms with Gasteiger partial charge in [-0.15, -0.1) is 0 Å². The van der Waals surface area contributed by atoms with E-state index < -0.39 is 0 Å². The first-order chi connectivity index (χ1) is 8.56. The van der Waals surface area contributed by atoms with Gasteiger partial charge >= 0.3 is 0 Å². The Bertz CT molecular complexity index is 243. The summed E-state index contributed by atoms with van der Waals surface area (Å²) in [6.07, 6.45) is 5.87. The van der Waals surface area contributed by atoms with E-state index in [9.17, 15) is 0 Å². The molecule has 0 aromatic carbocycles. The van der Waals surface area contributed by atoms with Crippen molar-refractivity contribution in [2.24, 2.45) is 17.8 Å². The van der Waals surface area contributed by atoms with Gasteiger partial charge in [0.15, 0.2) is 0 Å². The second-order valence-electron chi connectivity index (χ2n) is 7.19. The minimum absolute atomic E-state index is 0.781. The summed E-state index contributed by atoms with van der Waals surface area (Å²) >= 11 is 0. The van der Waals surface area contributed by atoms with Gasteiger partial charge in [-0.2, -0.15) is 0 Å². The normalized spacial score (nSPS) is 36.2. The molecule has 106 valence electrons. The summed E-state index contributed by atoms with van der Waals surface area (Å²) in [5.41, 5.74) is 0. The smallest absolute Gasteiger partial charge is 0.0246 e. The zero-order chi connectivity index (χ0) is 13.1. The Kier molecular flexibility index (Phi) is 5.08. The topological polar surface area (TPSA) is 6.48 Å². The van der Waals surface area contributed by atoms with Crippen LogP contribution in [0, 0.1) is 17.8 Å². The van der Waals surface area contributed by atoms with Gasteiger partial charge in [-0.25, -0.2) is 0 Å². The van der Waals surface area contributed by atoms with Gasteiger partial charge in [0.05, 0.1) is 0 Å². The van der Waals surface area contributed by atoms with Crippen LogP contribution in [0.3, 0.4) is 0 Å². The van der Waals surface area contributed by atoms with Crippen molar-refractivity contribution in [2.45, 2.75) is 52.5 Å². The van der Waals surface area contributed by atoms with Crippen molar-refractivity contribution in [1.82, 2.24) is 9.80 Å². The maximum atomic E-state index is 2.80. The van der Waals surface area contributed by atoms with Crippen molar-refractivity contribution >= 4 is 0 Å². The average Bonchev–Trinajstić information content (AvgIpc) is 2.34. The Hall–Kier alpha value is -0.0800. The molecule has 0 aromatic rings. The molecule has 0 aromatic heterocycles. The summed E-state index contributed by atoms with van der Waals surface area (Å²) in [7, 11) is 2.27. The fourth-order valence-corrected chi connectivity index (χ4v) is 3.69. The van der Waals surface area contributed by atoms with E-state index in [1.807, 2.05) is 0 Å². The van der Waals surface area contributed by atoms with E-state index in [4.69, 9.17) is 0 Å². The zero-order valence-corrected chi connectivity index (χ0v) is 12.9. The molecule has 0 radical (unpaired) electrons. The van der Waals surface area contributed by atoms with Crippen LogP contribution in [0.25, 0.3) is 0 Å². The van der Waals surface area contributed by atoms with Gasteiger partial charge < -0.3 is 4.90 Å². The van der Waals surface area contributed by atoms with Crippen molar-refractivity contribution in [3.8, 4) is 0 Å². The van der Waals surface area contributed by atoms with Crippen molar-refractivity contribution < 1.29 is 0 Å². The molecule has 1 heterocycles. The Balaban J connectivity index is 1.86. The highest BCUT2D eigenvalue weighted by molar-refractivity contribution is 4.85. The molecule has 1 aliphatic heterocycles. The Morgan fingerprint density at radius 2 is 1.72 bits per heavy atom. The van der Waals surface area contributed by atoms with Crippen LogP contribution in [0.15, 0.2) is 0 Å². The van der Waals surface area contributed by atoms with Gasteiger partial charge in [0.1, 0.15) is 0 Å². The highest BCUT2D eigenvalue weighted by Gasteiger charge is 2.30. The first-order valence-electron chi connectivity index (χ1n) is 7.99. The van der Waals surface area contributed by atoms with Crippen LogP contribution in [0.2, 0.25) is 0 Å². The minimum Gasteiger partial charge on any atom is -0.304 e. The van der Waals surface area contributed by atoms with Crippen LogP contribution in [0.5, 0.6) is 0 Å². The van der Waals surface area contributed by atoms with Gasteiger partial charge in [0.25, 0.3) is 0 Å². The Labute approximate surface area is 114 Å². The molecule has 2 nitrogen and oxygen atoms in total. The minimum atomic E-state index is 0.781. The molecule has 0 amide bonds. The highest BCUT2D eigenvalue weighted by atomic mass is 15.3. The lowest BCUT2D eigenvalue weighted by atomic mass is 9.82. The van der Waals surface area contributed by atoms with Gasteiger partial charge in [-0.3, -0.25) is 4.90 Å². The summed E-state index contributed by atoms with van der Waals surface area (Å²) in [4.78, 5) is 5.30. The molecule has 2 rings (SSSR count). The van der Waals surface area contributed by atoms with Gasteiger partial charge in [-0.1, -0.05) is 33.6 Å². The van der Waals surface area contributed by atoms with Crippen LogP contribution < -0.4 is 0 Å². The van der Waals surface area contributed by atoms with E-state index in [1.54, 1.807) is 0 Å². The molecular weight excluding hydrogens is 220 g/mol. The highest BCUT2D eigenvalue weighted by Crippen LogP contribution is 2.30. The van der Waals surface area contributed by atoms with Gasteiger partial charge in [0.2, 0.25) is 0 Å². The molecule has 1 saturated carbocycles. The molecule has 0 bridgehead atoms. The lowest BCUT2D eigenvalue weighted by Crippen LogP contribution is -2.55. The van der Waals surface area contributed by atoms with Crippen molar-refractivity contribution in [3.05, 3.63) is 0 Å². The summed E-state index contributed by atoms with van der Waals surface area (Å²) in [6.45, 7) is 12.4. The lowest BCUT2D eigenvalue weighted by Gasteiger charge is -2.44. The third-order valence-corrected chi connectivity index (χ3v) is 5.13. The zero-order valence-electron chi connectivity index (χ0n) is 12.9. The van der Waals surface area contributed by atoms with E-state index in [0.717, 1.165) is 23.8 Å². The van der Waals surface area contributed by atoms with Crippen LogP contribution in [-0.4, -0.2) is 49.1 Å². The van der Waals surface area contributed by atoms with Crippen LogP contribution in [-0.2, 0) is 0 Å². The molecule has 0 unspecified atom stereocenters. The second kappa shape index (κ2) is 6.38. The molecule has 1 atom stereocenters. The molecule has 2 aliphatic rings. The Morgan fingerprint density at radius 1 is 1.06 bits per heavy atom. The van der Waals surface area contributed by atoms with E-state index in [-0.39, 0.29) is 0 Å². The molecule has 0 N–H and O–H groups in total. The number of hydrogen-bond donors (Lipinski definition) is 0. The number of likely N-dealkylation sites (N-methyl/N-ethyl adjacent to an activating group) is 1. The summed E-state index contributed by atoms with van der Waals surface area (Å²) in [5.74, 6) is 2.75. The first-order valence-corrected chi connectivity index (χ1v) is 7.99. The number of nitrogens with zero attached hydrogens (tertiary/aromatic N) is 2. The average molecular weight is 252 g/mol. The Morgan fingerprint density at radius 3 is 2.33 bits per heavy atom.